The Morgan fingerprint density at radius 2 is 1.21 bits per heavy atom. The minimum atomic E-state index is 0.417. The molecule has 0 amide bonds. The Morgan fingerprint density at radius 3 is 2.02 bits per heavy atom. The molecule has 0 atom stereocenters. The van der Waals surface area contributed by atoms with Crippen molar-refractivity contribution in [2.45, 2.75) is 6.54 Å². The molecule has 7 aromatic carbocycles. The highest BCUT2D eigenvalue weighted by molar-refractivity contribution is 6.14. The third-order valence-corrected chi connectivity index (χ3v) is 8.58. The molecule has 224 valence electrons. The summed E-state index contributed by atoms with van der Waals surface area (Å²) >= 11 is 0. The molecule has 8 rings (SSSR count). The lowest BCUT2D eigenvalue weighted by molar-refractivity contribution is 0.669. The first kappa shape index (κ1) is 28.2. The van der Waals surface area contributed by atoms with Crippen LogP contribution in [0.25, 0.3) is 55.0 Å². The van der Waals surface area contributed by atoms with Gasteiger partial charge < -0.3 is 10.2 Å². The van der Waals surface area contributed by atoms with Crippen molar-refractivity contribution >= 4 is 44.4 Å². The average Bonchev–Trinajstić information content (AvgIpc) is 3.52. The first-order chi connectivity index (χ1) is 23.2. The fourth-order valence-electron chi connectivity index (χ4n) is 6.14. The smallest absolute Gasteiger partial charge is 0.157 e. The van der Waals surface area contributed by atoms with Crippen molar-refractivity contribution in [1.29, 1.82) is 0 Å². The number of furan rings is 1. The molecule has 4 heteroatoms. The lowest BCUT2D eigenvalue weighted by Crippen LogP contribution is -2.16. The number of rotatable bonds is 6. The fraction of sp³-hybridized carbons (Fsp3) is 0.0233. The van der Waals surface area contributed by atoms with E-state index < -0.39 is 0 Å². The van der Waals surface area contributed by atoms with Crippen LogP contribution in [0.2, 0.25) is 0 Å². The molecule has 1 aromatic heterocycles. The summed E-state index contributed by atoms with van der Waals surface area (Å²) in [6.07, 6.45) is 0. The highest BCUT2D eigenvalue weighted by Crippen LogP contribution is 2.38. The Balaban J connectivity index is 1.12. The number of hydrogen-bond donors (Lipinski definition) is 1. The maximum atomic E-state index is 6.59. The third-order valence-electron chi connectivity index (χ3n) is 8.58. The normalized spacial score (nSPS) is 12.3. The van der Waals surface area contributed by atoms with E-state index in [1.807, 2.05) is 72.8 Å². The Labute approximate surface area is 273 Å². The van der Waals surface area contributed by atoms with Gasteiger partial charge in [-0.3, -0.25) is 4.99 Å². The Hall–Kier alpha value is -6.26. The van der Waals surface area contributed by atoms with Crippen molar-refractivity contribution in [2.24, 2.45) is 15.7 Å². The van der Waals surface area contributed by atoms with E-state index in [0.29, 0.717) is 18.2 Å². The van der Waals surface area contributed by atoms with E-state index in [1.165, 1.54) is 16.3 Å². The summed E-state index contributed by atoms with van der Waals surface area (Å²) in [5.41, 5.74) is 15.7. The molecule has 0 bridgehead atoms. The van der Waals surface area contributed by atoms with Gasteiger partial charge in [0.1, 0.15) is 17.0 Å². The molecule has 4 nitrogen and oxygen atoms in total. The van der Waals surface area contributed by atoms with Crippen LogP contribution < -0.4 is 5.73 Å². The molecular weight excluding hydrogens is 574 g/mol. The van der Waals surface area contributed by atoms with E-state index >= 15 is 0 Å². The van der Waals surface area contributed by atoms with E-state index in [9.17, 15) is 0 Å². The second kappa shape index (κ2) is 12.3. The van der Waals surface area contributed by atoms with Crippen molar-refractivity contribution in [1.82, 2.24) is 0 Å². The fourth-order valence-corrected chi connectivity index (χ4v) is 6.14. The monoisotopic (exact) mass is 605 g/mol. The standard InChI is InChI=1S/C43H31N3O/c44-42(46-43(33-13-5-2-6-14-33)45-28-29-10-3-1-4-11-29)32-21-19-31(20-22-32)37-16-9-17-39-41(37)38-25-24-36(27-40(38)47-39)35-23-18-30-12-7-8-15-34(30)26-35/h1-27H,28H2,(H2,44,45,46). The molecule has 8 aromatic rings. The molecule has 0 aliphatic heterocycles. The average molecular weight is 606 g/mol. The summed E-state index contributed by atoms with van der Waals surface area (Å²) < 4.78 is 6.41. The zero-order valence-electron chi connectivity index (χ0n) is 25.7. The molecule has 0 radical (unpaired) electrons. The number of hydrogen-bond acceptors (Lipinski definition) is 2. The predicted molar refractivity (Wildman–Crippen MR) is 196 cm³/mol. The first-order valence-electron chi connectivity index (χ1n) is 15.7. The van der Waals surface area contributed by atoms with Gasteiger partial charge in [-0.1, -0.05) is 140 Å². The number of aliphatic imine (C=N–C) groups is 2. The third kappa shape index (κ3) is 5.69. The van der Waals surface area contributed by atoms with E-state index in [0.717, 1.165) is 55.3 Å². The lowest BCUT2D eigenvalue weighted by atomic mass is 9.97. The predicted octanol–water partition coefficient (Wildman–Crippen LogP) is 10.4. The van der Waals surface area contributed by atoms with E-state index in [2.05, 4.69) is 91.0 Å². The van der Waals surface area contributed by atoms with Crippen LogP contribution in [-0.2, 0) is 6.54 Å². The van der Waals surface area contributed by atoms with Gasteiger partial charge in [-0.2, -0.15) is 0 Å². The van der Waals surface area contributed by atoms with Gasteiger partial charge in [-0.25, -0.2) is 4.99 Å². The quantitative estimate of drug-likeness (QED) is 0.151. The van der Waals surface area contributed by atoms with Gasteiger partial charge >= 0.3 is 0 Å². The van der Waals surface area contributed by atoms with Gasteiger partial charge in [0.2, 0.25) is 0 Å². The van der Waals surface area contributed by atoms with Gasteiger partial charge in [0.25, 0.3) is 0 Å². The van der Waals surface area contributed by atoms with Gasteiger partial charge in [0.05, 0.1) is 6.54 Å². The van der Waals surface area contributed by atoms with Gasteiger partial charge in [0, 0.05) is 21.9 Å². The molecule has 0 unspecified atom stereocenters. The summed E-state index contributed by atoms with van der Waals surface area (Å²) in [6.45, 7) is 0.521. The second-order valence-corrected chi connectivity index (χ2v) is 11.6. The first-order valence-corrected chi connectivity index (χ1v) is 15.7. The molecular formula is C43H31N3O. The number of nitrogens with two attached hydrogens (primary N) is 1. The van der Waals surface area contributed by atoms with Crippen molar-refractivity contribution < 1.29 is 4.42 Å². The molecule has 0 fully saturated rings. The zero-order valence-corrected chi connectivity index (χ0v) is 25.7. The van der Waals surface area contributed by atoms with Gasteiger partial charge in [-0.15, -0.1) is 0 Å². The SMILES string of the molecule is NC(=NC(=NCc1ccccc1)c1ccccc1)c1ccc(-c2cccc3oc4cc(-c5ccc6ccccc6c5)ccc4c23)cc1. The van der Waals surface area contributed by atoms with Crippen LogP contribution in [0.3, 0.4) is 0 Å². The van der Waals surface area contributed by atoms with E-state index in [-0.39, 0.29) is 0 Å². The summed E-state index contributed by atoms with van der Waals surface area (Å²) in [6, 6.07) is 56.1. The van der Waals surface area contributed by atoms with Crippen LogP contribution in [0.1, 0.15) is 16.7 Å². The van der Waals surface area contributed by atoms with Crippen LogP contribution in [-0.4, -0.2) is 11.7 Å². The van der Waals surface area contributed by atoms with Crippen molar-refractivity contribution in [3.05, 3.63) is 180 Å². The van der Waals surface area contributed by atoms with Crippen LogP contribution in [0.4, 0.5) is 0 Å². The number of nitrogens with zero attached hydrogens (tertiary/aromatic N) is 2. The minimum absolute atomic E-state index is 0.417. The van der Waals surface area contributed by atoms with Crippen LogP contribution in [0.15, 0.2) is 178 Å². The summed E-state index contributed by atoms with van der Waals surface area (Å²) in [7, 11) is 0. The van der Waals surface area contributed by atoms with Gasteiger partial charge in [-0.05, 0) is 62.9 Å². The van der Waals surface area contributed by atoms with Crippen molar-refractivity contribution in [3.63, 3.8) is 0 Å². The maximum absolute atomic E-state index is 6.59. The van der Waals surface area contributed by atoms with Crippen molar-refractivity contribution in [2.75, 3.05) is 0 Å². The number of benzene rings is 7. The highest BCUT2D eigenvalue weighted by Gasteiger charge is 2.14. The molecule has 1 heterocycles. The number of amidine groups is 2. The largest absolute Gasteiger partial charge is 0.456 e. The van der Waals surface area contributed by atoms with Crippen LogP contribution in [0, 0.1) is 0 Å². The lowest BCUT2D eigenvalue weighted by Gasteiger charge is -2.08. The topological polar surface area (TPSA) is 63.9 Å². The molecule has 2 N–H and O–H groups in total. The van der Waals surface area contributed by atoms with E-state index in [1.54, 1.807) is 0 Å². The Bertz CT molecular complexity index is 2420. The highest BCUT2D eigenvalue weighted by atomic mass is 16.3. The van der Waals surface area contributed by atoms with E-state index in [4.69, 9.17) is 20.1 Å². The molecule has 0 spiro atoms. The second-order valence-electron chi connectivity index (χ2n) is 11.6. The van der Waals surface area contributed by atoms with Crippen LogP contribution in [0.5, 0.6) is 0 Å². The molecule has 0 saturated carbocycles. The van der Waals surface area contributed by atoms with Gasteiger partial charge in [0.15, 0.2) is 5.84 Å². The molecule has 0 aliphatic rings. The minimum Gasteiger partial charge on any atom is -0.456 e. The summed E-state index contributed by atoms with van der Waals surface area (Å²) in [5, 5.41) is 4.65. The summed E-state index contributed by atoms with van der Waals surface area (Å²) in [4.78, 5) is 9.63. The van der Waals surface area contributed by atoms with Crippen LogP contribution >= 0.6 is 0 Å². The molecule has 47 heavy (non-hydrogen) atoms. The Kier molecular flexibility index (Phi) is 7.37. The Morgan fingerprint density at radius 1 is 0.532 bits per heavy atom. The molecule has 0 saturated heterocycles. The summed E-state index contributed by atoms with van der Waals surface area (Å²) in [5.74, 6) is 1.02. The maximum Gasteiger partial charge on any atom is 0.157 e. The number of fused-ring (bicyclic) bond motifs is 4. The molecule has 0 aliphatic carbocycles. The van der Waals surface area contributed by atoms with Crippen molar-refractivity contribution in [3.8, 4) is 22.3 Å². The zero-order chi connectivity index (χ0) is 31.6.